The minimum Gasteiger partial charge on any atom is -0.497 e. The van der Waals surface area contributed by atoms with Crippen molar-refractivity contribution < 1.29 is 9.47 Å². The molecule has 2 aromatic rings. The van der Waals surface area contributed by atoms with Gasteiger partial charge in [-0.05, 0) is 48.0 Å². The van der Waals surface area contributed by atoms with Crippen LogP contribution in [0.2, 0.25) is 0 Å². The average Bonchev–Trinajstić information content (AvgIpc) is 3.01. The van der Waals surface area contributed by atoms with Gasteiger partial charge >= 0.3 is 0 Å². The Labute approximate surface area is 119 Å². The van der Waals surface area contributed by atoms with E-state index in [-0.39, 0.29) is 0 Å². The maximum atomic E-state index is 5.52. The van der Waals surface area contributed by atoms with Crippen LogP contribution in [0.3, 0.4) is 0 Å². The summed E-state index contributed by atoms with van der Waals surface area (Å²) in [4.78, 5) is 0. The average molecular weight is 271 g/mol. The molecule has 1 aliphatic rings. The Morgan fingerprint density at radius 2 is 2.00 bits per heavy atom. The second-order valence-corrected chi connectivity index (χ2v) is 5.36. The van der Waals surface area contributed by atoms with E-state index in [2.05, 4.69) is 35.6 Å². The summed E-state index contributed by atoms with van der Waals surface area (Å²) in [7, 11) is 3.73. The maximum Gasteiger partial charge on any atom is 0.119 e. The SMILES string of the molecule is CNC(c1ccc2cc(OC)ccc2c1)C1CCOC1. The Kier molecular flexibility index (Phi) is 3.90. The van der Waals surface area contributed by atoms with Gasteiger partial charge in [-0.2, -0.15) is 0 Å². The molecule has 20 heavy (non-hydrogen) atoms. The van der Waals surface area contributed by atoms with Crippen molar-refractivity contribution in [2.24, 2.45) is 5.92 Å². The highest BCUT2D eigenvalue weighted by molar-refractivity contribution is 5.84. The lowest BCUT2D eigenvalue weighted by Crippen LogP contribution is -2.25. The molecule has 0 spiro atoms. The van der Waals surface area contributed by atoms with E-state index in [9.17, 15) is 0 Å². The highest BCUT2D eigenvalue weighted by Crippen LogP contribution is 2.31. The van der Waals surface area contributed by atoms with E-state index in [4.69, 9.17) is 9.47 Å². The summed E-state index contributed by atoms with van der Waals surface area (Å²) >= 11 is 0. The molecule has 2 atom stereocenters. The maximum absolute atomic E-state index is 5.52. The molecule has 3 nitrogen and oxygen atoms in total. The van der Waals surface area contributed by atoms with Gasteiger partial charge in [-0.1, -0.05) is 18.2 Å². The third-order valence-electron chi connectivity index (χ3n) is 4.18. The molecule has 1 aliphatic heterocycles. The van der Waals surface area contributed by atoms with Crippen LogP contribution in [0, 0.1) is 5.92 Å². The Bertz CT molecular complexity index is 591. The van der Waals surface area contributed by atoms with E-state index >= 15 is 0 Å². The van der Waals surface area contributed by atoms with Crippen molar-refractivity contribution in [3.05, 3.63) is 42.0 Å². The largest absolute Gasteiger partial charge is 0.497 e. The van der Waals surface area contributed by atoms with E-state index in [1.54, 1.807) is 7.11 Å². The lowest BCUT2D eigenvalue weighted by Gasteiger charge is -2.22. The van der Waals surface area contributed by atoms with Gasteiger partial charge in [-0.25, -0.2) is 0 Å². The summed E-state index contributed by atoms with van der Waals surface area (Å²) in [6.45, 7) is 1.74. The van der Waals surface area contributed by atoms with Crippen LogP contribution < -0.4 is 10.1 Å². The van der Waals surface area contributed by atoms with Crippen LogP contribution in [-0.4, -0.2) is 27.4 Å². The van der Waals surface area contributed by atoms with Crippen LogP contribution >= 0.6 is 0 Å². The second kappa shape index (κ2) is 5.81. The number of rotatable bonds is 4. The van der Waals surface area contributed by atoms with E-state index in [1.165, 1.54) is 16.3 Å². The van der Waals surface area contributed by atoms with Crippen molar-refractivity contribution in [1.29, 1.82) is 0 Å². The Balaban J connectivity index is 1.94. The topological polar surface area (TPSA) is 30.5 Å². The van der Waals surface area contributed by atoms with Crippen molar-refractivity contribution in [2.75, 3.05) is 27.4 Å². The van der Waals surface area contributed by atoms with E-state index in [0.717, 1.165) is 25.4 Å². The van der Waals surface area contributed by atoms with Crippen molar-refractivity contribution in [3.63, 3.8) is 0 Å². The fraction of sp³-hybridized carbons (Fsp3) is 0.412. The number of methoxy groups -OCH3 is 1. The third-order valence-corrected chi connectivity index (χ3v) is 4.18. The van der Waals surface area contributed by atoms with Crippen LogP contribution in [0.1, 0.15) is 18.0 Å². The lowest BCUT2D eigenvalue weighted by atomic mass is 9.91. The van der Waals surface area contributed by atoms with Crippen molar-refractivity contribution in [3.8, 4) is 5.75 Å². The molecule has 106 valence electrons. The Hall–Kier alpha value is -1.58. The highest BCUT2D eigenvalue weighted by Gasteiger charge is 2.25. The molecule has 0 aromatic heterocycles. The Morgan fingerprint density at radius 1 is 1.20 bits per heavy atom. The molecule has 0 bridgehead atoms. The summed E-state index contributed by atoms with van der Waals surface area (Å²) in [6.07, 6.45) is 1.13. The van der Waals surface area contributed by atoms with Gasteiger partial charge in [-0.3, -0.25) is 0 Å². The number of nitrogens with one attached hydrogen (secondary N) is 1. The predicted octanol–water partition coefficient (Wildman–Crippen LogP) is 3.15. The molecule has 1 N–H and O–H groups in total. The summed E-state index contributed by atoms with van der Waals surface area (Å²) in [6, 6.07) is 13.2. The molecule has 1 heterocycles. The molecule has 2 aromatic carbocycles. The summed E-state index contributed by atoms with van der Waals surface area (Å²) in [5, 5.41) is 5.91. The third kappa shape index (κ3) is 2.51. The quantitative estimate of drug-likeness (QED) is 0.926. The lowest BCUT2D eigenvalue weighted by molar-refractivity contribution is 0.178. The molecule has 0 amide bonds. The zero-order valence-electron chi connectivity index (χ0n) is 12.1. The van der Waals surface area contributed by atoms with Crippen LogP contribution in [0.5, 0.6) is 5.75 Å². The zero-order chi connectivity index (χ0) is 13.9. The molecule has 0 radical (unpaired) electrons. The number of hydrogen-bond donors (Lipinski definition) is 1. The fourth-order valence-electron chi connectivity index (χ4n) is 3.05. The van der Waals surface area contributed by atoms with Crippen LogP contribution in [-0.2, 0) is 4.74 Å². The van der Waals surface area contributed by atoms with E-state index < -0.39 is 0 Å². The molecule has 3 rings (SSSR count). The molecule has 0 saturated carbocycles. The van der Waals surface area contributed by atoms with Crippen molar-refractivity contribution >= 4 is 10.8 Å². The first-order valence-corrected chi connectivity index (χ1v) is 7.14. The highest BCUT2D eigenvalue weighted by atomic mass is 16.5. The minimum absolute atomic E-state index is 0.365. The molecule has 1 fully saturated rings. The van der Waals surface area contributed by atoms with Crippen molar-refractivity contribution in [1.82, 2.24) is 5.32 Å². The minimum atomic E-state index is 0.365. The van der Waals surface area contributed by atoms with Gasteiger partial charge in [0, 0.05) is 18.6 Å². The van der Waals surface area contributed by atoms with Gasteiger partial charge < -0.3 is 14.8 Å². The smallest absolute Gasteiger partial charge is 0.119 e. The first-order chi connectivity index (χ1) is 9.81. The van der Waals surface area contributed by atoms with Gasteiger partial charge in [0.15, 0.2) is 0 Å². The fourth-order valence-corrected chi connectivity index (χ4v) is 3.05. The normalized spacial score (nSPS) is 20.2. The monoisotopic (exact) mass is 271 g/mol. The number of fused-ring (bicyclic) bond motifs is 1. The van der Waals surface area contributed by atoms with Gasteiger partial charge in [0.2, 0.25) is 0 Å². The standard InChI is InChI=1S/C17H21NO2/c1-18-17(15-7-8-20-11-15)14-4-3-13-10-16(19-2)6-5-12(13)9-14/h3-6,9-10,15,17-18H,7-8,11H2,1-2H3. The number of benzene rings is 2. The molecule has 3 heteroatoms. The molecular weight excluding hydrogens is 250 g/mol. The van der Waals surface area contributed by atoms with Gasteiger partial charge in [-0.15, -0.1) is 0 Å². The molecule has 0 aliphatic carbocycles. The summed E-state index contributed by atoms with van der Waals surface area (Å²) in [5.41, 5.74) is 1.33. The summed E-state index contributed by atoms with van der Waals surface area (Å²) in [5.74, 6) is 1.47. The van der Waals surface area contributed by atoms with Gasteiger partial charge in [0.05, 0.1) is 13.7 Å². The molecule has 1 saturated heterocycles. The van der Waals surface area contributed by atoms with Crippen molar-refractivity contribution in [2.45, 2.75) is 12.5 Å². The molecular formula is C17H21NO2. The first kappa shape index (κ1) is 13.4. The van der Waals surface area contributed by atoms with Crippen LogP contribution in [0.4, 0.5) is 0 Å². The van der Waals surface area contributed by atoms with E-state index in [1.807, 2.05) is 13.1 Å². The predicted molar refractivity (Wildman–Crippen MR) is 81.2 cm³/mol. The van der Waals surface area contributed by atoms with Crippen LogP contribution in [0.25, 0.3) is 10.8 Å². The second-order valence-electron chi connectivity index (χ2n) is 5.36. The first-order valence-electron chi connectivity index (χ1n) is 7.14. The van der Waals surface area contributed by atoms with Crippen LogP contribution in [0.15, 0.2) is 36.4 Å². The van der Waals surface area contributed by atoms with Gasteiger partial charge in [0.25, 0.3) is 0 Å². The van der Waals surface area contributed by atoms with Gasteiger partial charge in [0.1, 0.15) is 5.75 Å². The zero-order valence-corrected chi connectivity index (χ0v) is 12.1. The number of hydrogen-bond acceptors (Lipinski definition) is 3. The number of ether oxygens (including phenoxy) is 2. The molecule has 2 unspecified atom stereocenters. The Morgan fingerprint density at radius 3 is 2.70 bits per heavy atom. The summed E-state index contributed by atoms with van der Waals surface area (Å²) < 4.78 is 10.8. The van der Waals surface area contributed by atoms with E-state index in [0.29, 0.717) is 12.0 Å².